The van der Waals surface area contributed by atoms with Crippen molar-refractivity contribution in [2.45, 2.75) is 26.2 Å². The predicted molar refractivity (Wildman–Crippen MR) is 164 cm³/mol. The van der Waals surface area contributed by atoms with E-state index in [1.807, 2.05) is 24.3 Å². The third kappa shape index (κ3) is 4.97. The van der Waals surface area contributed by atoms with Crippen LogP contribution in [0, 0.1) is 0 Å². The fourth-order valence-corrected chi connectivity index (χ4v) is 5.94. The number of halogens is 2. The minimum absolute atomic E-state index is 0.725. The summed E-state index contributed by atoms with van der Waals surface area (Å²) in [4.78, 5) is 0. The van der Waals surface area contributed by atoms with Gasteiger partial charge in [0.25, 0.3) is 0 Å². The molecule has 0 saturated heterocycles. The first kappa shape index (κ1) is 24.9. The van der Waals surface area contributed by atoms with Gasteiger partial charge in [0.15, 0.2) is 25.5 Å². The van der Waals surface area contributed by atoms with Crippen molar-refractivity contribution in [3.63, 3.8) is 0 Å². The SMILES string of the molecule is Clc1ccc2c(c1)c1cc[n+]2Cc2cccc(c2)C[n+]2ccc(c3cc(Cl)ccc32)NCc2ccc(cc2)CN1. The summed E-state index contributed by atoms with van der Waals surface area (Å²) < 4.78 is 4.58. The van der Waals surface area contributed by atoms with E-state index >= 15 is 0 Å². The molecule has 0 atom stereocenters. The highest BCUT2D eigenvalue weighted by Gasteiger charge is 2.17. The molecule has 2 aromatic heterocycles. The van der Waals surface area contributed by atoms with E-state index in [2.05, 4.69) is 105 Å². The molecule has 0 unspecified atom stereocenters. The Hall–Kier alpha value is -4.12. The first-order valence-corrected chi connectivity index (χ1v) is 14.2. The highest BCUT2D eigenvalue weighted by atomic mass is 35.5. The van der Waals surface area contributed by atoms with Gasteiger partial charge >= 0.3 is 0 Å². The van der Waals surface area contributed by atoms with E-state index in [1.54, 1.807) is 0 Å². The van der Waals surface area contributed by atoms with Gasteiger partial charge in [-0.3, -0.25) is 0 Å². The van der Waals surface area contributed by atoms with E-state index in [-0.39, 0.29) is 0 Å². The molecule has 196 valence electrons. The van der Waals surface area contributed by atoms with E-state index in [0.29, 0.717) is 0 Å². The number of pyridine rings is 2. The van der Waals surface area contributed by atoms with Crippen LogP contribution in [0.15, 0.2) is 109 Å². The fraction of sp³-hybridized carbons (Fsp3) is 0.118. The molecular weight excluding hydrogens is 535 g/mol. The third-order valence-electron chi connectivity index (χ3n) is 7.64. The van der Waals surface area contributed by atoms with Gasteiger partial charge in [0.05, 0.1) is 22.1 Å². The maximum Gasteiger partial charge on any atom is 0.214 e. The Bertz CT molecular complexity index is 1750. The number of benzene rings is 4. The molecule has 40 heavy (non-hydrogen) atoms. The molecular formula is C34H28Cl2N4+2. The molecule has 0 amide bonds. The van der Waals surface area contributed by atoms with Crippen LogP contribution in [0.25, 0.3) is 21.8 Å². The molecule has 6 heterocycles. The zero-order valence-corrected chi connectivity index (χ0v) is 23.4. The lowest BCUT2D eigenvalue weighted by Crippen LogP contribution is -2.36. The van der Waals surface area contributed by atoms with E-state index in [1.165, 1.54) is 22.3 Å². The Morgan fingerprint density at radius 1 is 0.500 bits per heavy atom. The molecule has 4 aliphatic rings. The number of nitrogens with one attached hydrogen (secondary N) is 2. The van der Waals surface area contributed by atoms with Crippen LogP contribution in [0.5, 0.6) is 0 Å². The van der Waals surface area contributed by atoms with Crippen LogP contribution in [0.3, 0.4) is 0 Å². The number of hydrogen-bond donors (Lipinski definition) is 2. The van der Waals surface area contributed by atoms with Crippen molar-refractivity contribution < 1.29 is 9.13 Å². The van der Waals surface area contributed by atoms with Gasteiger partial charge in [-0.25, -0.2) is 0 Å². The van der Waals surface area contributed by atoms with E-state index < -0.39 is 0 Å². The van der Waals surface area contributed by atoms with E-state index in [0.717, 1.165) is 69.4 Å². The van der Waals surface area contributed by atoms with Crippen LogP contribution in [-0.2, 0) is 26.2 Å². The maximum absolute atomic E-state index is 6.46. The van der Waals surface area contributed by atoms with Crippen LogP contribution in [0.4, 0.5) is 11.4 Å². The average Bonchev–Trinajstić information content (AvgIpc) is 2.96. The standard InChI is InChI=1S/C34H26Cl2N4/c35-27-8-10-33-29(17-27)31-12-14-39(33)21-25-2-1-3-26(16-25)22-40-15-13-32(30-18-28(36)9-11-34(30)40)38-20-24-6-4-23(5-7-24)19-37-31/h1-18H,19-22H2/p+2. The summed E-state index contributed by atoms with van der Waals surface area (Å²) in [6.07, 6.45) is 4.32. The van der Waals surface area contributed by atoms with Crippen molar-refractivity contribution in [1.82, 2.24) is 0 Å². The minimum atomic E-state index is 0.725. The molecule has 6 aromatic rings. The largest absolute Gasteiger partial charge is 0.380 e. The topological polar surface area (TPSA) is 31.8 Å². The summed E-state index contributed by atoms with van der Waals surface area (Å²) in [5.41, 5.74) is 9.35. The lowest BCUT2D eigenvalue weighted by Gasteiger charge is -2.12. The van der Waals surface area contributed by atoms with Gasteiger partial charge in [-0.1, -0.05) is 65.7 Å². The zero-order chi connectivity index (χ0) is 27.1. The molecule has 10 rings (SSSR count). The second-order valence-electron chi connectivity index (χ2n) is 10.4. The van der Waals surface area contributed by atoms with Crippen molar-refractivity contribution >= 4 is 56.4 Å². The molecule has 4 aromatic carbocycles. The number of fused-ring (bicyclic) bond motifs is 1. The Kier molecular flexibility index (Phi) is 6.51. The Morgan fingerprint density at radius 3 is 1.45 bits per heavy atom. The Labute approximate surface area is 243 Å². The van der Waals surface area contributed by atoms with Crippen LogP contribution in [0.2, 0.25) is 10.0 Å². The van der Waals surface area contributed by atoms with Crippen molar-refractivity contribution in [3.05, 3.63) is 142 Å². The van der Waals surface area contributed by atoms with Crippen molar-refractivity contribution in [1.29, 1.82) is 0 Å². The van der Waals surface area contributed by atoms with Gasteiger partial charge in [-0.15, -0.1) is 0 Å². The molecule has 0 aliphatic carbocycles. The average molecular weight is 564 g/mol. The van der Waals surface area contributed by atoms with E-state index in [4.69, 9.17) is 23.2 Å². The van der Waals surface area contributed by atoms with Crippen LogP contribution >= 0.6 is 23.2 Å². The summed E-state index contributed by atoms with van der Waals surface area (Å²) in [6, 6.07) is 34.1. The predicted octanol–water partition coefficient (Wildman–Crippen LogP) is 7.51. The Morgan fingerprint density at radius 2 is 0.975 bits per heavy atom. The molecule has 2 N–H and O–H groups in total. The molecule has 4 aliphatic heterocycles. The van der Waals surface area contributed by atoms with Crippen LogP contribution in [-0.4, -0.2) is 0 Å². The summed E-state index contributed by atoms with van der Waals surface area (Å²) in [5, 5.41) is 11.0. The molecule has 0 spiro atoms. The number of hydrogen-bond acceptors (Lipinski definition) is 2. The van der Waals surface area contributed by atoms with Gasteiger partial charge in [-0.05, 0) is 41.5 Å². The minimum Gasteiger partial charge on any atom is -0.380 e. The normalized spacial score (nSPS) is 13.2. The first-order valence-electron chi connectivity index (χ1n) is 13.5. The van der Waals surface area contributed by atoms with Crippen molar-refractivity contribution in [3.8, 4) is 0 Å². The quantitative estimate of drug-likeness (QED) is 0.188. The van der Waals surface area contributed by atoms with Gasteiger partial charge < -0.3 is 10.6 Å². The molecule has 6 heteroatoms. The van der Waals surface area contributed by atoms with Crippen molar-refractivity contribution in [2.24, 2.45) is 0 Å². The van der Waals surface area contributed by atoms with Crippen LogP contribution in [0.1, 0.15) is 22.3 Å². The summed E-state index contributed by atoms with van der Waals surface area (Å²) in [6.45, 7) is 2.97. The second-order valence-corrected chi connectivity index (χ2v) is 11.3. The van der Waals surface area contributed by atoms with E-state index in [9.17, 15) is 0 Å². The first-order chi connectivity index (χ1) is 19.6. The van der Waals surface area contributed by atoms with Gasteiger partial charge in [-0.2, -0.15) is 9.13 Å². The summed E-state index contributed by atoms with van der Waals surface area (Å²) in [5.74, 6) is 0. The monoisotopic (exact) mass is 562 g/mol. The number of aromatic nitrogens is 2. The number of anilines is 2. The highest BCUT2D eigenvalue weighted by molar-refractivity contribution is 6.31. The van der Waals surface area contributed by atoms with Gasteiger partial charge in [0, 0.05) is 58.5 Å². The summed E-state index contributed by atoms with van der Waals surface area (Å²) >= 11 is 12.9. The van der Waals surface area contributed by atoms with Gasteiger partial charge in [0.1, 0.15) is 0 Å². The highest BCUT2D eigenvalue weighted by Crippen LogP contribution is 2.27. The second kappa shape index (κ2) is 10.5. The Balaban J connectivity index is 1.36. The molecule has 0 saturated carbocycles. The molecule has 0 fully saturated rings. The smallest absolute Gasteiger partial charge is 0.214 e. The molecule has 0 radical (unpaired) electrons. The molecule has 8 bridgehead atoms. The lowest BCUT2D eigenvalue weighted by molar-refractivity contribution is -0.663. The van der Waals surface area contributed by atoms with Crippen LogP contribution < -0.4 is 19.8 Å². The number of nitrogens with zero attached hydrogens (tertiary/aromatic N) is 2. The summed E-state index contributed by atoms with van der Waals surface area (Å²) in [7, 11) is 0. The third-order valence-corrected chi connectivity index (χ3v) is 8.12. The fourth-order valence-electron chi connectivity index (χ4n) is 5.59. The lowest BCUT2D eigenvalue weighted by atomic mass is 10.1. The molecule has 4 nitrogen and oxygen atoms in total. The maximum atomic E-state index is 6.46. The van der Waals surface area contributed by atoms with Gasteiger partial charge in [0.2, 0.25) is 11.0 Å². The number of rotatable bonds is 0. The van der Waals surface area contributed by atoms with Crippen molar-refractivity contribution in [2.75, 3.05) is 10.6 Å². The zero-order valence-electron chi connectivity index (χ0n) is 21.9.